The zero-order valence-electron chi connectivity index (χ0n) is 39.7. The summed E-state index contributed by atoms with van der Waals surface area (Å²) in [5.41, 5.74) is 22.2. The highest BCUT2D eigenvalue weighted by Gasteiger charge is 2.46. The fourth-order valence-corrected chi connectivity index (χ4v) is 11.6. The molecule has 0 bridgehead atoms. The standard InChI is InChI=1S/C71H49N/c1-6-23-50(24-7-1)55-45-48-68(64(49-55)52-27-10-3-11-28-52)72(67-42-19-17-35-61(67)62-39-21-30-54-29-20-37-59(69(54)62)51-25-8-2-9-26-51)58-46-43-53(44-47-58)60-38-22-41-66-70(60)63-36-16-18-40-65(63)71(66,56-31-12-4-13-32-56)57-33-14-5-15-34-57/h1-49H. The number of hydrogen-bond acceptors (Lipinski definition) is 1. The first kappa shape index (κ1) is 42.8. The summed E-state index contributed by atoms with van der Waals surface area (Å²) in [7, 11) is 0. The predicted octanol–water partition coefficient (Wildman–Crippen LogP) is 19.0. The van der Waals surface area contributed by atoms with E-state index in [1.54, 1.807) is 0 Å². The van der Waals surface area contributed by atoms with Gasteiger partial charge in [-0.1, -0.05) is 267 Å². The van der Waals surface area contributed by atoms with Gasteiger partial charge < -0.3 is 4.90 Å². The summed E-state index contributed by atoms with van der Waals surface area (Å²) in [5.74, 6) is 0. The Morgan fingerprint density at radius 1 is 0.250 bits per heavy atom. The zero-order chi connectivity index (χ0) is 47.8. The molecule has 12 aromatic carbocycles. The molecule has 0 saturated carbocycles. The second-order valence-corrected chi connectivity index (χ2v) is 18.7. The number of rotatable bonds is 10. The van der Waals surface area contributed by atoms with Crippen molar-refractivity contribution in [2.75, 3.05) is 4.90 Å². The minimum absolute atomic E-state index is 0.480. The summed E-state index contributed by atoms with van der Waals surface area (Å²) in [6, 6.07) is 109. The molecule has 0 unspecified atom stereocenters. The molecule has 0 N–H and O–H groups in total. The molecule has 1 aliphatic rings. The van der Waals surface area contributed by atoms with Crippen molar-refractivity contribution in [2.45, 2.75) is 5.41 Å². The van der Waals surface area contributed by atoms with Gasteiger partial charge in [-0.2, -0.15) is 0 Å². The second-order valence-electron chi connectivity index (χ2n) is 18.7. The number of nitrogens with zero attached hydrogens (tertiary/aromatic N) is 1. The van der Waals surface area contributed by atoms with Gasteiger partial charge in [-0.3, -0.25) is 0 Å². The van der Waals surface area contributed by atoms with Gasteiger partial charge in [0.2, 0.25) is 0 Å². The monoisotopic (exact) mass is 915 g/mol. The molecule has 0 aromatic heterocycles. The lowest BCUT2D eigenvalue weighted by Crippen LogP contribution is -2.28. The summed E-state index contributed by atoms with van der Waals surface area (Å²) in [6.07, 6.45) is 0. The van der Waals surface area contributed by atoms with Gasteiger partial charge in [-0.05, 0) is 119 Å². The van der Waals surface area contributed by atoms with Gasteiger partial charge in [0.25, 0.3) is 0 Å². The third-order valence-electron chi connectivity index (χ3n) is 14.8. The molecule has 0 saturated heterocycles. The first-order chi connectivity index (χ1) is 35.8. The van der Waals surface area contributed by atoms with E-state index in [1.165, 1.54) is 83.1 Å². The Morgan fingerprint density at radius 3 is 1.35 bits per heavy atom. The van der Waals surface area contributed by atoms with E-state index in [0.29, 0.717) is 0 Å². The molecular weight excluding hydrogens is 867 g/mol. The van der Waals surface area contributed by atoms with E-state index in [4.69, 9.17) is 0 Å². The Hall–Kier alpha value is -9.30. The molecule has 12 aromatic rings. The lowest BCUT2D eigenvalue weighted by atomic mass is 9.67. The summed E-state index contributed by atoms with van der Waals surface area (Å²) in [4.78, 5) is 2.49. The van der Waals surface area contributed by atoms with Crippen molar-refractivity contribution < 1.29 is 0 Å². The van der Waals surface area contributed by atoms with Gasteiger partial charge >= 0.3 is 0 Å². The number of fused-ring (bicyclic) bond motifs is 4. The topological polar surface area (TPSA) is 3.24 Å². The summed E-state index contributed by atoms with van der Waals surface area (Å²) in [5, 5.41) is 2.44. The van der Waals surface area contributed by atoms with Crippen molar-refractivity contribution in [1.82, 2.24) is 0 Å². The van der Waals surface area contributed by atoms with Crippen molar-refractivity contribution in [1.29, 1.82) is 0 Å². The van der Waals surface area contributed by atoms with Gasteiger partial charge in [0.05, 0.1) is 16.8 Å². The number of para-hydroxylation sites is 1. The van der Waals surface area contributed by atoms with Gasteiger partial charge in [-0.15, -0.1) is 0 Å². The van der Waals surface area contributed by atoms with Gasteiger partial charge in [0.1, 0.15) is 0 Å². The molecule has 1 aliphatic carbocycles. The van der Waals surface area contributed by atoms with Crippen LogP contribution in [0.1, 0.15) is 22.3 Å². The molecule has 0 spiro atoms. The molecule has 338 valence electrons. The van der Waals surface area contributed by atoms with E-state index < -0.39 is 5.41 Å². The smallest absolute Gasteiger partial charge is 0.0713 e. The van der Waals surface area contributed by atoms with Gasteiger partial charge in [-0.25, -0.2) is 0 Å². The van der Waals surface area contributed by atoms with E-state index in [1.807, 2.05) is 0 Å². The Bertz CT molecular complexity index is 3840. The van der Waals surface area contributed by atoms with Gasteiger partial charge in [0, 0.05) is 16.8 Å². The minimum Gasteiger partial charge on any atom is -0.309 e. The van der Waals surface area contributed by atoms with Crippen LogP contribution in [0.25, 0.3) is 77.5 Å². The number of anilines is 3. The van der Waals surface area contributed by atoms with Crippen LogP contribution < -0.4 is 4.90 Å². The van der Waals surface area contributed by atoms with Crippen LogP contribution in [-0.2, 0) is 5.41 Å². The van der Waals surface area contributed by atoms with E-state index in [2.05, 4.69) is 302 Å². The van der Waals surface area contributed by atoms with Crippen molar-refractivity contribution in [3.63, 3.8) is 0 Å². The van der Waals surface area contributed by atoms with Crippen molar-refractivity contribution in [2.24, 2.45) is 0 Å². The fraction of sp³-hybridized carbons (Fsp3) is 0.0141. The average Bonchev–Trinajstić information content (AvgIpc) is 3.78. The Labute approximate surface area is 422 Å². The highest BCUT2D eigenvalue weighted by atomic mass is 15.1. The molecule has 0 amide bonds. The van der Waals surface area contributed by atoms with Gasteiger partial charge in [0.15, 0.2) is 0 Å². The Balaban J connectivity index is 1.03. The maximum Gasteiger partial charge on any atom is 0.0713 e. The van der Waals surface area contributed by atoms with Crippen LogP contribution in [0.15, 0.2) is 297 Å². The molecule has 72 heavy (non-hydrogen) atoms. The lowest BCUT2D eigenvalue weighted by Gasteiger charge is -2.34. The van der Waals surface area contributed by atoms with E-state index >= 15 is 0 Å². The van der Waals surface area contributed by atoms with E-state index in [9.17, 15) is 0 Å². The highest BCUT2D eigenvalue weighted by molar-refractivity contribution is 6.09. The summed E-state index contributed by atoms with van der Waals surface area (Å²) < 4.78 is 0. The molecule has 0 atom stereocenters. The predicted molar refractivity (Wildman–Crippen MR) is 303 cm³/mol. The summed E-state index contributed by atoms with van der Waals surface area (Å²) >= 11 is 0. The first-order valence-corrected chi connectivity index (χ1v) is 24.9. The zero-order valence-corrected chi connectivity index (χ0v) is 39.7. The fourth-order valence-electron chi connectivity index (χ4n) is 11.6. The molecule has 0 aliphatic heterocycles. The van der Waals surface area contributed by atoms with Crippen LogP contribution in [0.5, 0.6) is 0 Å². The third kappa shape index (κ3) is 7.17. The summed E-state index contributed by atoms with van der Waals surface area (Å²) in [6.45, 7) is 0. The minimum atomic E-state index is -0.480. The average molecular weight is 916 g/mol. The largest absolute Gasteiger partial charge is 0.309 e. The molecule has 1 heteroatoms. The number of hydrogen-bond donors (Lipinski definition) is 0. The van der Waals surface area contributed by atoms with Crippen LogP contribution >= 0.6 is 0 Å². The molecule has 0 heterocycles. The van der Waals surface area contributed by atoms with Crippen LogP contribution in [0, 0.1) is 0 Å². The maximum atomic E-state index is 2.49. The van der Waals surface area contributed by atoms with E-state index in [-0.39, 0.29) is 0 Å². The van der Waals surface area contributed by atoms with Crippen LogP contribution in [-0.4, -0.2) is 0 Å². The quantitative estimate of drug-likeness (QED) is 0.132. The van der Waals surface area contributed by atoms with Crippen molar-refractivity contribution in [3.8, 4) is 66.8 Å². The highest BCUT2D eigenvalue weighted by Crippen LogP contribution is 2.58. The Morgan fingerprint density at radius 2 is 0.694 bits per heavy atom. The maximum absolute atomic E-state index is 2.49. The Kier molecular flexibility index (Phi) is 10.8. The second kappa shape index (κ2) is 18.2. The van der Waals surface area contributed by atoms with E-state index in [0.717, 1.165) is 33.8 Å². The molecule has 0 fully saturated rings. The number of benzene rings is 12. The molecular formula is C71H49N. The van der Waals surface area contributed by atoms with Crippen LogP contribution in [0.3, 0.4) is 0 Å². The van der Waals surface area contributed by atoms with Crippen LogP contribution in [0.2, 0.25) is 0 Å². The van der Waals surface area contributed by atoms with Crippen molar-refractivity contribution in [3.05, 3.63) is 320 Å². The molecule has 0 radical (unpaired) electrons. The lowest BCUT2D eigenvalue weighted by molar-refractivity contribution is 0.768. The normalized spacial score (nSPS) is 12.3. The van der Waals surface area contributed by atoms with Crippen molar-refractivity contribution >= 4 is 27.8 Å². The third-order valence-corrected chi connectivity index (χ3v) is 14.8. The van der Waals surface area contributed by atoms with Crippen LogP contribution in [0.4, 0.5) is 17.1 Å². The molecule has 13 rings (SSSR count). The first-order valence-electron chi connectivity index (χ1n) is 24.9. The molecule has 1 nitrogen and oxygen atoms in total. The SMILES string of the molecule is c1ccc(-c2ccc(N(c3ccc(-c4cccc5c4-c4ccccc4C5(c4ccccc4)c4ccccc4)cc3)c3ccccc3-c3cccc4cccc(-c5ccccc5)c34)c(-c3ccccc3)c2)cc1.